The van der Waals surface area contributed by atoms with E-state index in [0.717, 1.165) is 9.56 Å². The molecule has 0 aliphatic rings. The Labute approximate surface area is 157 Å². The van der Waals surface area contributed by atoms with Crippen molar-refractivity contribution in [1.29, 1.82) is 0 Å². The predicted octanol–water partition coefficient (Wildman–Crippen LogP) is 3.23. The lowest BCUT2D eigenvalue weighted by atomic mass is 10.3. The van der Waals surface area contributed by atoms with Crippen molar-refractivity contribution in [2.24, 2.45) is 0 Å². The van der Waals surface area contributed by atoms with Crippen molar-refractivity contribution in [2.75, 3.05) is 13.2 Å². The molecule has 0 amide bonds. The molecule has 1 aromatic carbocycles. The van der Waals surface area contributed by atoms with Crippen LogP contribution in [-0.4, -0.2) is 29.0 Å². The number of thiophene rings is 1. The minimum Gasteiger partial charge on any atom is -0.488 e. The second-order valence-electron chi connectivity index (χ2n) is 5.12. The molecule has 0 aliphatic heterocycles. The highest BCUT2D eigenvalue weighted by molar-refractivity contribution is 7.13. The second kappa shape index (κ2) is 8.68. The van der Waals surface area contributed by atoms with Gasteiger partial charge >= 0.3 is 11.7 Å². The van der Waals surface area contributed by atoms with E-state index in [9.17, 15) is 9.59 Å². The van der Waals surface area contributed by atoms with Crippen molar-refractivity contribution in [3.63, 3.8) is 0 Å². The van der Waals surface area contributed by atoms with Gasteiger partial charge in [0.1, 0.15) is 19.0 Å². The summed E-state index contributed by atoms with van der Waals surface area (Å²) in [6, 6.07) is 10.7. The van der Waals surface area contributed by atoms with Crippen LogP contribution in [0.3, 0.4) is 0 Å². The minimum atomic E-state index is -0.608. The molecule has 3 aromatic rings. The summed E-state index contributed by atoms with van der Waals surface area (Å²) in [7, 11) is 0. The first-order valence-corrected chi connectivity index (χ1v) is 9.04. The van der Waals surface area contributed by atoms with Crippen molar-refractivity contribution < 1.29 is 18.7 Å². The summed E-state index contributed by atoms with van der Waals surface area (Å²) in [5.74, 6) is -0.296. The molecule has 0 unspecified atom stereocenters. The molecular formula is C17H15ClN2O5S. The van der Waals surface area contributed by atoms with Crippen LogP contribution in [0, 0.1) is 0 Å². The molecule has 0 spiro atoms. The van der Waals surface area contributed by atoms with Crippen LogP contribution in [0.15, 0.2) is 51.0 Å². The standard InChI is InChI=1S/C17H15ClN2O5S/c18-12-4-1-2-5-13(12)23-9-10-24-15(21)7-8-20-17(22)25-16(19-20)14-6-3-11-26-14/h1-6,11H,7-10H2. The molecule has 0 atom stereocenters. The fourth-order valence-corrected chi connectivity index (χ4v) is 2.92. The van der Waals surface area contributed by atoms with Gasteiger partial charge in [-0.3, -0.25) is 4.79 Å². The normalized spacial score (nSPS) is 10.7. The lowest BCUT2D eigenvalue weighted by Gasteiger charge is -2.08. The number of nitrogens with zero attached hydrogens (tertiary/aromatic N) is 2. The third kappa shape index (κ3) is 4.74. The second-order valence-corrected chi connectivity index (χ2v) is 6.48. The van der Waals surface area contributed by atoms with Crippen LogP contribution >= 0.6 is 22.9 Å². The molecule has 0 bridgehead atoms. The number of aryl methyl sites for hydroxylation is 1. The average Bonchev–Trinajstić information content (AvgIpc) is 3.28. The first-order valence-electron chi connectivity index (χ1n) is 7.78. The molecule has 2 aromatic heterocycles. The van der Waals surface area contributed by atoms with Gasteiger partial charge in [-0.05, 0) is 23.6 Å². The van der Waals surface area contributed by atoms with E-state index in [2.05, 4.69) is 5.10 Å². The Morgan fingerprint density at radius 3 is 2.85 bits per heavy atom. The topological polar surface area (TPSA) is 83.6 Å². The van der Waals surface area contributed by atoms with Crippen LogP contribution in [0.2, 0.25) is 5.02 Å². The molecule has 7 nitrogen and oxygen atoms in total. The summed E-state index contributed by atoms with van der Waals surface area (Å²) < 4.78 is 16.7. The van der Waals surface area contributed by atoms with Crippen LogP contribution in [-0.2, 0) is 16.1 Å². The Morgan fingerprint density at radius 1 is 1.23 bits per heavy atom. The van der Waals surface area contributed by atoms with Crippen molar-refractivity contribution in [3.8, 4) is 16.5 Å². The SMILES string of the molecule is O=C(CCn1nc(-c2cccs2)oc1=O)OCCOc1ccccc1Cl. The van der Waals surface area contributed by atoms with Gasteiger partial charge in [0.15, 0.2) is 0 Å². The van der Waals surface area contributed by atoms with Crippen molar-refractivity contribution >= 4 is 28.9 Å². The van der Waals surface area contributed by atoms with Gasteiger partial charge in [0.2, 0.25) is 0 Å². The fourth-order valence-electron chi connectivity index (χ4n) is 2.09. The third-order valence-electron chi connectivity index (χ3n) is 3.31. The van der Waals surface area contributed by atoms with Gasteiger partial charge in [0.25, 0.3) is 5.89 Å². The van der Waals surface area contributed by atoms with Gasteiger partial charge in [0.05, 0.1) is 22.9 Å². The Kier molecular flexibility index (Phi) is 6.08. The number of para-hydroxylation sites is 1. The van der Waals surface area contributed by atoms with E-state index in [-0.39, 0.29) is 32.1 Å². The van der Waals surface area contributed by atoms with E-state index in [0.29, 0.717) is 10.8 Å². The van der Waals surface area contributed by atoms with Gasteiger partial charge in [-0.25, -0.2) is 4.79 Å². The summed E-state index contributed by atoms with van der Waals surface area (Å²) in [5.41, 5.74) is 0. The van der Waals surface area contributed by atoms with Crippen LogP contribution < -0.4 is 10.5 Å². The van der Waals surface area contributed by atoms with Crippen molar-refractivity contribution in [2.45, 2.75) is 13.0 Å². The highest BCUT2D eigenvalue weighted by atomic mass is 35.5. The Bertz CT molecular complexity index is 919. The van der Waals surface area contributed by atoms with E-state index in [4.69, 9.17) is 25.5 Å². The molecule has 0 radical (unpaired) electrons. The van der Waals surface area contributed by atoms with Crippen LogP contribution in [0.5, 0.6) is 5.75 Å². The maximum absolute atomic E-state index is 11.8. The number of aromatic nitrogens is 2. The molecule has 0 aliphatic carbocycles. The van der Waals surface area contributed by atoms with Gasteiger partial charge < -0.3 is 13.9 Å². The number of benzene rings is 1. The maximum atomic E-state index is 11.8. The first-order chi connectivity index (χ1) is 12.6. The zero-order chi connectivity index (χ0) is 18.4. The molecule has 3 rings (SSSR count). The Balaban J connectivity index is 1.42. The van der Waals surface area contributed by atoms with Crippen LogP contribution in [0.4, 0.5) is 0 Å². The highest BCUT2D eigenvalue weighted by Gasteiger charge is 2.12. The lowest BCUT2D eigenvalue weighted by molar-refractivity contribution is -0.144. The van der Waals surface area contributed by atoms with Gasteiger partial charge in [-0.15, -0.1) is 16.4 Å². The Hall–Kier alpha value is -2.58. The summed E-state index contributed by atoms with van der Waals surface area (Å²) in [6.45, 7) is 0.345. The zero-order valence-electron chi connectivity index (χ0n) is 13.6. The lowest BCUT2D eigenvalue weighted by Crippen LogP contribution is -2.20. The molecule has 9 heteroatoms. The number of hydrogen-bond acceptors (Lipinski definition) is 7. The fraction of sp³-hybridized carbons (Fsp3) is 0.235. The minimum absolute atomic E-state index is 0.00239. The maximum Gasteiger partial charge on any atom is 0.437 e. The number of ether oxygens (including phenoxy) is 2. The number of rotatable bonds is 8. The molecule has 0 saturated carbocycles. The quantitative estimate of drug-likeness (QED) is 0.431. The third-order valence-corrected chi connectivity index (χ3v) is 4.48. The van der Waals surface area contributed by atoms with E-state index in [1.165, 1.54) is 11.3 Å². The number of carbonyl (C=O) groups excluding carboxylic acids is 1. The summed E-state index contributed by atoms with van der Waals surface area (Å²) in [6.07, 6.45) is 0.00239. The summed E-state index contributed by atoms with van der Waals surface area (Å²) in [5, 5.41) is 6.42. The van der Waals surface area contributed by atoms with Gasteiger partial charge in [-0.2, -0.15) is 4.68 Å². The van der Waals surface area contributed by atoms with E-state index >= 15 is 0 Å². The van der Waals surface area contributed by atoms with Crippen LogP contribution in [0.1, 0.15) is 6.42 Å². The van der Waals surface area contributed by atoms with Crippen molar-refractivity contribution in [1.82, 2.24) is 9.78 Å². The smallest absolute Gasteiger partial charge is 0.437 e. The molecule has 2 heterocycles. The summed E-state index contributed by atoms with van der Waals surface area (Å²) in [4.78, 5) is 24.3. The number of carbonyl (C=O) groups is 1. The zero-order valence-corrected chi connectivity index (χ0v) is 15.2. The van der Waals surface area contributed by atoms with Gasteiger partial charge in [-0.1, -0.05) is 29.8 Å². The molecular weight excluding hydrogens is 380 g/mol. The highest BCUT2D eigenvalue weighted by Crippen LogP contribution is 2.23. The first kappa shape index (κ1) is 18.2. The average molecular weight is 395 g/mol. The van der Waals surface area contributed by atoms with E-state index in [1.54, 1.807) is 30.3 Å². The molecule has 0 N–H and O–H groups in total. The number of esters is 1. The monoisotopic (exact) mass is 394 g/mol. The molecule has 0 saturated heterocycles. The largest absolute Gasteiger partial charge is 0.488 e. The molecule has 136 valence electrons. The molecule has 0 fully saturated rings. The Morgan fingerprint density at radius 2 is 2.08 bits per heavy atom. The van der Waals surface area contributed by atoms with Crippen molar-refractivity contribution in [3.05, 3.63) is 57.4 Å². The predicted molar refractivity (Wildman–Crippen MR) is 96.6 cm³/mol. The van der Waals surface area contributed by atoms with E-state index < -0.39 is 11.7 Å². The molecule has 26 heavy (non-hydrogen) atoms. The number of hydrogen-bond donors (Lipinski definition) is 0. The van der Waals surface area contributed by atoms with E-state index in [1.807, 2.05) is 11.4 Å². The van der Waals surface area contributed by atoms with Gasteiger partial charge in [0, 0.05) is 0 Å². The summed E-state index contributed by atoms with van der Waals surface area (Å²) >= 11 is 7.37. The number of halogens is 1. The van der Waals surface area contributed by atoms with Crippen LogP contribution in [0.25, 0.3) is 10.8 Å².